The third-order valence-corrected chi connectivity index (χ3v) is 4.74. The highest BCUT2D eigenvalue weighted by molar-refractivity contribution is 5.73. The van der Waals surface area contributed by atoms with Gasteiger partial charge >= 0.3 is 0 Å². The average molecular weight is 349 g/mol. The minimum absolute atomic E-state index is 0.0192. The Hall–Kier alpha value is -2.60. The lowest BCUT2D eigenvalue weighted by Crippen LogP contribution is -2.37. The molecule has 2 aromatic heterocycles. The second-order valence-electron chi connectivity index (χ2n) is 7.90. The molecule has 0 aliphatic carbocycles. The SMILES string of the molecule is CC(C)(C)c1nc2c(c(=O)[nH]1)CN(Cc1cnc3ccccc3n1)CC2. The van der Waals surface area contributed by atoms with E-state index in [1.165, 1.54) is 0 Å². The molecule has 0 saturated heterocycles. The van der Waals surface area contributed by atoms with Crippen molar-refractivity contribution < 1.29 is 0 Å². The van der Waals surface area contributed by atoms with Crippen molar-refractivity contribution in [2.45, 2.75) is 45.7 Å². The maximum absolute atomic E-state index is 12.6. The molecule has 0 unspecified atom stereocenters. The topological polar surface area (TPSA) is 74.8 Å². The number of H-pyrrole nitrogens is 1. The van der Waals surface area contributed by atoms with Gasteiger partial charge in [-0.2, -0.15) is 0 Å². The van der Waals surface area contributed by atoms with Crippen LogP contribution in [0.2, 0.25) is 0 Å². The lowest BCUT2D eigenvalue weighted by molar-refractivity contribution is 0.238. The first-order valence-electron chi connectivity index (χ1n) is 8.96. The monoisotopic (exact) mass is 349 g/mol. The Morgan fingerprint density at radius 1 is 1.15 bits per heavy atom. The maximum atomic E-state index is 12.6. The molecule has 0 radical (unpaired) electrons. The molecule has 1 aliphatic rings. The number of hydrogen-bond acceptors (Lipinski definition) is 5. The third kappa shape index (κ3) is 3.24. The van der Waals surface area contributed by atoms with E-state index in [0.29, 0.717) is 13.1 Å². The number of fused-ring (bicyclic) bond motifs is 2. The van der Waals surface area contributed by atoms with Crippen LogP contribution in [0.15, 0.2) is 35.3 Å². The summed E-state index contributed by atoms with van der Waals surface area (Å²) in [5, 5.41) is 0. The van der Waals surface area contributed by atoms with Gasteiger partial charge in [-0.05, 0) is 12.1 Å². The molecule has 0 fully saturated rings. The smallest absolute Gasteiger partial charge is 0.255 e. The minimum Gasteiger partial charge on any atom is -0.310 e. The molecular formula is C20H23N5O. The number of rotatable bonds is 2. The van der Waals surface area contributed by atoms with Gasteiger partial charge < -0.3 is 4.98 Å². The van der Waals surface area contributed by atoms with Crippen LogP contribution < -0.4 is 5.56 Å². The fourth-order valence-electron chi connectivity index (χ4n) is 3.27. The molecule has 1 N–H and O–H groups in total. The van der Waals surface area contributed by atoms with Gasteiger partial charge in [-0.1, -0.05) is 32.9 Å². The van der Waals surface area contributed by atoms with Gasteiger partial charge in [-0.3, -0.25) is 14.7 Å². The van der Waals surface area contributed by atoms with E-state index in [9.17, 15) is 4.79 Å². The Labute approximate surface area is 152 Å². The number of nitrogens with zero attached hydrogens (tertiary/aromatic N) is 4. The van der Waals surface area contributed by atoms with Crippen LogP contribution in [0, 0.1) is 0 Å². The Bertz CT molecular complexity index is 1020. The summed E-state index contributed by atoms with van der Waals surface area (Å²) >= 11 is 0. The van der Waals surface area contributed by atoms with Crippen molar-refractivity contribution in [1.29, 1.82) is 0 Å². The average Bonchev–Trinajstić information content (AvgIpc) is 2.61. The number of aromatic amines is 1. The highest BCUT2D eigenvalue weighted by Crippen LogP contribution is 2.21. The quantitative estimate of drug-likeness (QED) is 0.770. The van der Waals surface area contributed by atoms with E-state index in [4.69, 9.17) is 4.98 Å². The molecule has 26 heavy (non-hydrogen) atoms. The van der Waals surface area contributed by atoms with Crippen molar-refractivity contribution >= 4 is 11.0 Å². The molecule has 3 aromatic rings. The lowest BCUT2D eigenvalue weighted by atomic mass is 9.95. The molecule has 0 amide bonds. The zero-order valence-electron chi connectivity index (χ0n) is 15.4. The van der Waals surface area contributed by atoms with Crippen molar-refractivity contribution in [2.75, 3.05) is 6.54 Å². The van der Waals surface area contributed by atoms with E-state index >= 15 is 0 Å². The minimum atomic E-state index is -0.161. The largest absolute Gasteiger partial charge is 0.310 e. The van der Waals surface area contributed by atoms with E-state index in [-0.39, 0.29) is 11.0 Å². The third-order valence-electron chi connectivity index (χ3n) is 4.74. The first kappa shape index (κ1) is 16.8. The summed E-state index contributed by atoms with van der Waals surface area (Å²) in [4.78, 5) is 31.6. The number of para-hydroxylation sites is 2. The fourth-order valence-corrected chi connectivity index (χ4v) is 3.27. The van der Waals surface area contributed by atoms with E-state index in [0.717, 1.165) is 46.8 Å². The van der Waals surface area contributed by atoms with Crippen LogP contribution in [0.5, 0.6) is 0 Å². The Balaban J connectivity index is 1.57. The van der Waals surface area contributed by atoms with Gasteiger partial charge in [0.05, 0.1) is 34.2 Å². The van der Waals surface area contributed by atoms with Gasteiger partial charge in [-0.25, -0.2) is 9.97 Å². The number of benzene rings is 1. The highest BCUT2D eigenvalue weighted by atomic mass is 16.1. The van der Waals surface area contributed by atoms with Gasteiger partial charge in [0.15, 0.2) is 0 Å². The van der Waals surface area contributed by atoms with E-state index in [1.54, 1.807) is 0 Å². The zero-order chi connectivity index (χ0) is 18.3. The molecule has 4 rings (SSSR count). The molecule has 0 atom stereocenters. The van der Waals surface area contributed by atoms with E-state index < -0.39 is 0 Å². The van der Waals surface area contributed by atoms with Crippen LogP contribution >= 0.6 is 0 Å². The van der Waals surface area contributed by atoms with Gasteiger partial charge in [-0.15, -0.1) is 0 Å². The first-order chi connectivity index (χ1) is 12.4. The van der Waals surface area contributed by atoms with Gasteiger partial charge in [0.25, 0.3) is 5.56 Å². The predicted octanol–water partition coefficient (Wildman–Crippen LogP) is 2.57. The normalized spacial score (nSPS) is 15.2. The molecule has 1 aliphatic heterocycles. The van der Waals surface area contributed by atoms with Crippen LogP contribution in [-0.2, 0) is 24.9 Å². The molecular weight excluding hydrogens is 326 g/mol. The second-order valence-corrected chi connectivity index (χ2v) is 7.90. The Kier molecular flexibility index (Phi) is 4.07. The van der Waals surface area contributed by atoms with Crippen LogP contribution in [0.3, 0.4) is 0 Å². The Morgan fingerprint density at radius 2 is 1.92 bits per heavy atom. The molecule has 3 heterocycles. The van der Waals surface area contributed by atoms with Crippen LogP contribution in [0.25, 0.3) is 11.0 Å². The van der Waals surface area contributed by atoms with Gasteiger partial charge in [0.2, 0.25) is 0 Å². The van der Waals surface area contributed by atoms with Crippen molar-refractivity contribution in [2.24, 2.45) is 0 Å². The van der Waals surface area contributed by atoms with Gasteiger partial charge in [0.1, 0.15) is 5.82 Å². The molecule has 0 spiro atoms. The van der Waals surface area contributed by atoms with Gasteiger partial charge in [0, 0.05) is 31.5 Å². The van der Waals surface area contributed by atoms with Crippen molar-refractivity contribution in [1.82, 2.24) is 24.8 Å². The predicted molar refractivity (Wildman–Crippen MR) is 101 cm³/mol. The maximum Gasteiger partial charge on any atom is 0.255 e. The molecule has 1 aromatic carbocycles. The second kappa shape index (κ2) is 6.29. The zero-order valence-corrected chi connectivity index (χ0v) is 15.4. The molecule has 0 bridgehead atoms. The number of hydrogen-bond donors (Lipinski definition) is 1. The summed E-state index contributed by atoms with van der Waals surface area (Å²) in [5.41, 5.74) is 4.24. The van der Waals surface area contributed by atoms with Crippen LogP contribution in [0.4, 0.5) is 0 Å². The summed E-state index contributed by atoms with van der Waals surface area (Å²) in [5.74, 6) is 0.759. The summed E-state index contributed by atoms with van der Waals surface area (Å²) in [6.07, 6.45) is 2.60. The van der Waals surface area contributed by atoms with E-state index in [1.807, 2.05) is 30.5 Å². The summed E-state index contributed by atoms with van der Waals surface area (Å²) in [6.45, 7) is 8.32. The summed E-state index contributed by atoms with van der Waals surface area (Å²) < 4.78 is 0. The lowest BCUT2D eigenvalue weighted by Gasteiger charge is -2.28. The first-order valence-corrected chi connectivity index (χ1v) is 8.96. The number of aromatic nitrogens is 4. The van der Waals surface area contributed by atoms with Crippen LogP contribution in [-0.4, -0.2) is 31.4 Å². The molecule has 6 nitrogen and oxygen atoms in total. The van der Waals surface area contributed by atoms with Crippen molar-refractivity contribution in [3.63, 3.8) is 0 Å². The summed E-state index contributed by atoms with van der Waals surface area (Å²) in [6, 6.07) is 7.86. The Morgan fingerprint density at radius 3 is 2.69 bits per heavy atom. The standard InChI is InChI=1S/C20H23N5O/c1-20(2,3)19-23-15-8-9-25(12-14(15)18(26)24-19)11-13-10-21-16-6-4-5-7-17(16)22-13/h4-7,10H,8-9,11-12H2,1-3H3,(H,23,24,26). The van der Waals surface area contributed by atoms with E-state index in [2.05, 4.69) is 40.6 Å². The van der Waals surface area contributed by atoms with Crippen molar-refractivity contribution in [3.8, 4) is 0 Å². The summed E-state index contributed by atoms with van der Waals surface area (Å²) in [7, 11) is 0. The number of nitrogens with one attached hydrogen (secondary N) is 1. The van der Waals surface area contributed by atoms with Crippen LogP contribution in [0.1, 0.15) is 43.5 Å². The molecule has 134 valence electrons. The fraction of sp³-hybridized carbons (Fsp3) is 0.400. The molecule has 6 heteroatoms. The molecule has 0 saturated carbocycles. The van der Waals surface area contributed by atoms with Crippen molar-refractivity contribution in [3.05, 3.63) is 63.6 Å². The highest BCUT2D eigenvalue weighted by Gasteiger charge is 2.25.